The third-order valence-corrected chi connectivity index (χ3v) is 2.79. The van der Waals surface area contributed by atoms with Crippen LogP contribution >= 0.6 is 0 Å². The minimum Gasteiger partial charge on any atom is -0.444 e. The fraction of sp³-hybridized carbons (Fsp3) is 0.231. The monoisotopic (exact) mass is 258 g/mol. The van der Waals surface area contributed by atoms with Gasteiger partial charge in [0.2, 0.25) is 5.89 Å². The largest absolute Gasteiger partial charge is 0.444 e. The maximum atomic E-state index is 5.82. The molecule has 0 saturated heterocycles. The van der Waals surface area contributed by atoms with E-state index in [1.165, 1.54) is 0 Å². The first-order valence-corrected chi connectivity index (χ1v) is 6.08. The maximum absolute atomic E-state index is 5.82. The van der Waals surface area contributed by atoms with E-state index in [0.29, 0.717) is 35.2 Å². The number of anilines is 2. The van der Waals surface area contributed by atoms with Gasteiger partial charge in [-0.2, -0.15) is 4.98 Å². The summed E-state index contributed by atoms with van der Waals surface area (Å²) in [4.78, 5) is 8.43. The zero-order valence-electron chi connectivity index (χ0n) is 10.5. The van der Waals surface area contributed by atoms with Gasteiger partial charge < -0.3 is 19.9 Å². The van der Waals surface area contributed by atoms with E-state index in [2.05, 4.69) is 15.3 Å². The average Bonchev–Trinajstić information content (AvgIpc) is 3.03. The Hall–Kier alpha value is -2.50. The molecule has 1 aromatic carbocycles. The van der Waals surface area contributed by atoms with Crippen LogP contribution in [0.25, 0.3) is 11.1 Å². The Morgan fingerprint density at radius 3 is 2.95 bits per heavy atom. The van der Waals surface area contributed by atoms with E-state index in [4.69, 9.17) is 14.6 Å². The highest BCUT2D eigenvalue weighted by atomic mass is 16.4. The molecule has 6 heteroatoms. The number of nitrogens with one attached hydrogen (secondary N) is 1. The summed E-state index contributed by atoms with van der Waals surface area (Å²) in [6, 6.07) is 5.85. The van der Waals surface area contributed by atoms with Crippen LogP contribution < -0.4 is 11.1 Å². The number of fused-ring (bicyclic) bond motifs is 1. The van der Waals surface area contributed by atoms with E-state index in [-0.39, 0.29) is 0 Å². The number of hydrogen-bond acceptors (Lipinski definition) is 6. The standard InChI is InChI=1S/C13H14N4O2/c1-2-8-6-15-11(18-8)7-16-13-17-12-9(14)4-3-5-10(12)19-13/h3-6H,2,7,14H2,1H3,(H,16,17). The molecule has 0 saturated carbocycles. The van der Waals surface area contributed by atoms with Gasteiger partial charge in [-0.15, -0.1) is 0 Å². The molecule has 3 N–H and O–H groups in total. The second kappa shape index (κ2) is 4.64. The molecule has 0 unspecified atom stereocenters. The molecule has 0 spiro atoms. The molecule has 0 atom stereocenters. The number of nitrogens with zero attached hydrogens (tertiary/aromatic N) is 2. The van der Waals surface area contributed by atoms with Crippen LogP contribution in [0.4, 0.5) is 11.7 Å². The van der Waals surface area contributed by atoms with Crippen LogP contribution in [0.15, 0.2) is 33.2 Å². The van der Waals surface area contributed by atoms with Gasteiger partial charge in [0.05, 0.1) is 18.4 Å². The zero-order chi connectivity index (χ0) is 13.2. The van der Waals surface area contributed by atoms with E-state index in [1.54, 1.807) is 12.3 Å². The van der Waals surface area contributed by atoms with Gasteiger partial charge in [0, 0.05) is 6.42 Å². The van der Waals surface area contributed by atoms with Crippen molar-refractivity contribution in [3.05, 3.63) is 36.0 Å². The summed E-state index contributed by atoms with van der Waals surface area (Å²) in [6.07, 6.45) is 2.55. The summed E-state index contributed by atoms with van der Waals surface area (Å²) in [5.74, 6) is 1.46. The molecule has 3 rings (SSSR count). The number of hydrogen-bond donors (Lipinski definition) is 2. The highest BCUT2D eigenvalue weighted by Gasteiger charge is 2.09. The molecule has 0 amide bonds. The number of para-hydroxylation sites is 1. The number of aryl methyl sites for hydroxylation is 1. The number of nitrogen functional groups attached to an aromatic ring is 1. The fourth-order valence-corrected chi connectivity index (χ4v) is 1.79. The molecule has 98 valence electrons. The minimum absolute atomic E-state index is 0.407. The molecule has 19 heavy (non-hydrogen) atoms. The first-order chi connectivity index (χ1) is 9.26. The van der Waals surface area contributed by atoms with Crippen molar-refractivity contribution in [2.45, 2.75) is 19.9 Å². The molecule has 0 fully saturated rings. The highest BCUT2D eigenvalue weighted by Crippen LogP contribution is 2.23. The second-order valence-corrected chi connectivity index (χ2v) is 4.14. The van der Waals surface area contributed by atoms with Crippen LogP contribution in [0.2, 0.25) is 0 Å². The van der Waals surface area contributed by atoms with Crippen molar-refractivity contribution < 1.29 is 8.83 Å². The predicted molar refractivity (Wildman–Crippen MR) is 71.6 cm³/mol. The lowest BCUT2D eigenvalue weighted by molar-refractivity contribution is 0.463. The first-order valence-electron chi connectivity index (χ1n) is 6.08. The van der Waals surface area contributed by atoms with Crippen LogP contribution in [0.5, 0.6) is 0 Å². The molecule has 3 aromatic rings. The van der Waals surface area contributed by atoms with Crippen LogP contribution in [0.3, 0.4) is 0 Å². The van der Waals surface area contributed by atoms with Gasteiger partial charge in [0.25, 0.3) is 6.01 Å². The van der Waals surface area contributed by atoms with Gasteiger partial charge in [-0.3, -0.25) is 0 Å². The number of nitrogens with two attached hydrogens (primary N) is 1. The molecular weight excluding hydrogens is 244 g/mol. The Bertz CT molecular complexity index is 702. The molecule has 0 radical (unpaired) electrons. The molecule has 0 bridgehead atoms. The summed E-state index contributed by atoms with van der Waals surface area (Å²) in [6.45, 7) is 2.44. The fourth-order valence-electron chi connectivity index (χ4n) is 1.79. The number of benzene rings is 1. The predicted octanol–water partition coefficient (Wildman–Crippen LogP) is 2.57. The Balaban J connectivity index is 1.76. The van der Waals surface area contributed by atoms with E-state index in [0.717, 1.165) is 12.2 Å². The van der Waals surface area contributed by atoms with Crippen molar-refractivity contribution >= 4 is 22.8 Å². The summed E-state index contributed by atoms with van der Waals surface area (Å²) in [7, 11) is 0. The minimum atomic E-state index is 0.407. The van der Waals surface area contributed by atoms with Crippen molar-refractivity contribution in [2.75, 3.05) is 11.1 Å². The normalized spacial score (nSPS) is 11.0. The zero-order valence-corrected chi connectivity index (χ0v) is 10.5. The third-order valence-electron chi connectivity index (χ3n) is 2.79. The molecule has 0 aliphatic rings. The third kappa shape index (κ3) is 2.24. The van der Waals surface area contributed by atoms with Crippen molar-refractivity contribution in [3.63, 3.8) is 0 Å². The van der Waals surface area contributed by atoms with Crippen molar-refractivity contribution in [3.8, 4) is 0 Å². The SMILES string of the molecule is CCc1cnc(CNc2nc3c(N)cccc3o2)o1. The number of rotatable bonds is 4. The lowest BCUT2D eigenvalue weighted by Gasteiger charge is -1.96. The lowest BCUT2D eigenvalue weighted by atomic mass is 10.3. The van der Waals surface area contributed by atoms with Crippen LogP contribution in [0.1, 0.15) is 18.6 Å². The average molecular weight is 258 g/mol. The van der Waals surface area contributed by atoms with Crippen molar-refractivity contribution in [1.82, 2.24) is 9.97 Å². The second-order valence-electron chi connectivity index (χ2n) is 4.14. The Morgan fingerprint density at radius 2 is 2.21 bits per heavy atom. The van der Waals surface area contributed by atoms with Gasteiger partial charge in [-0.25, -0.2) is 4.98 Å². The summed E-state index contributed by atoms with van der Waals surface area (Å²) in [5, 5.41) is 3.03. The summed E-state index contributed by atoms with van der Waals surface area (Å²) < 4.78 is 11.0. The molecular formula is C13H14N4O2. The van der Waals surface area contributed by atoms with Gasteiger partial charge in [0.1, 0.15) is 11.3 Å². The Labute approximate surface area is 109 Å². The van der Waals surface area contributed by atoms with Gasteiger partial charge in [-0.1, -0.05) is 13.0 Å². The Morgan fingerprint density at radius 1 is 1.32 bits per heavy atom. The first kappa shape index (κ1) is 11.6. The quantitative estimate of drug-likeness (QED) is 0.699. The van der Waals surface area contributed by atoms with Crippen LogP contribution in [-0.4, -0.2) is 9.97 Å². The molecule has 2 heterocycles. The van der Waals surface area contributed by atoms with E-state index in [9.17, 15) is 0 Å². The van der Waals surface area contributed by atoms with Crippen LogP contribution in [0, 0.1) is 0 Å². The lowest BCUT2D eigenvalue weighted by Crippen LogP contribution is -1.99. The Kier molecular flexibility index (Phi) is 2.83. The molecule has 0 aliphatic heterocycles. The van der Waals surface area contributed by atoms with E-state index < -0.39 is 0 Å². The molecule has 6 nitrogen and oxygen atoms in total. The molecule has 2 aromatic heterocycles. The highest BCUT2D eigenvalue weighted by molar-refractivity contribution is 5.86. The van der Waals surface area contributed by atoms with Crippen molar-refractivity contribution in [2.24, 2.45) is 0 Å². The van der Waals surface area contributed by atoms with Gasteiger partial charge in [-0.05, 0) is 12.1 Å². The smallest absolute Gasteiger partial charge is 0.296 e. The number of oxazole rings is 2. The van der Waals surface area contributed by atoms with E-state index >= 15 is 0 Å². The van der Waals surface area contributed by atoms with Gasteiger partial charge >= 0.3 is 0 Å². The number of aromatic nitrogens is 2. The van der Waals surface area contributed by atoms with Gasteiger partial charge in [0.15, 0.2) is 5.58 Å². The molecule has 0 aliphatic carbocycles. The summed E-state index contributed by atoms with van der Waals surface area (Å²) in [5.41, 5.74) is 7.73. The van der Waals surface area contributed by atoms with E-state index in [1.807, 2.05) is 19.1 Å². The maximum Gasteiger partial charge on any atom is 0.296 e. The summed E-state index contributed by atoms with van der Waals surface area (Å²) >= 11 is 0. The van der Waals surface area contributed by atoms with Crippen molar-refractivity contribution in [1.29, 1.82) is 0 Å². The topological polar surface area (TPSA) is 90.1 Å². The van der Waals surface area contributed by atoms with Crippen LogP contribution in [-0.2, 0) is 13.0 Å².